The number of carbonyl (C=O) groups excluding carboxylic acids is 1. The second kappa shape index (κ2) is 9.48. The molecule has 0 heterocycles. The molecule has 0 aliphatic heterocycles. The zero-order valence-electron chi connectivity index (χ0n) is 13.1. The minimum absolute atomic E-state index is 0.252. The Labute approximate surface area is 138 Å². The number of hydrogen-bond donors (Lipinski definition) is 6. The summed E-state index contributed by atoms with van der Waals surface area (Å²) in [7, 11) is 1.25. The summed E-state index contributed by atoms with van der Waals surface area (Å²) < 4.78 is 4.45. The number of carbonyl (C=O) groups is 1. The lowest BCUT2D eigenvalue weighted by atomic mass is 9.95. The number of aliphatic hydroxyl groups is 6. The minimum Gasteiger partial charge on any atom is -0.466 e. The molecule has 1 aromatic carbocycles. The van der Waals surface area contributed by atoms with Crippen molar-refractivity contribution >= 4 is 12.0 Å². The molecule has 24 heavy (non-hydrogen) atoms. The molecule has 0 amide bonds. The van der Waals surface area contributed by atoms with E-state index in [1.54, 1.807) is 12.1 Å². The first-order valence-corrected chi connectivity index (χ1v) is 7.19. The summed E-state index contributed by atoms with van der Waals surface area (Å²) in [5.74, 6) is -0.519. The lowest BCUT2D eigenvalue weighted by Crippen LogP contribution is -2.47. The van der Waals surface area contributed by atoms with E-state index in [0.717, 1.165) is 0 Å². The molecule has 134 valence electrons. The molecule has 5 atom stereocenters. The van der Waals surface area contributed by atoms with Crippen molar-refractivity contribution in [3.05, 3.63) is 41.5 Å². The van der Waals surface area contributed by atoms with Gasteiger partial charge >= 0.3 is 5.97 Å². The molecule has 1 unspecified atom stereocenters. The second-order valence-electron chi connectivity index (χ2n) is 5.19. The average molecular weight is 342 g/mol. The Morgan fingerprint density at radius 1 is 1.04 bits per heavy atom. The maximum absolute atomic E-state index is 11.0. The Bertz CT molecular complexity index is 542. The number of rotatable bonds is 8. The van der Waals surface area contributed by atoms with Gasteiger partial charge in [0.25, 0.3) is 0 Å². The van der Waals surface area contributed by atoms with E-state index in [2.05, 4.69) is 4.74 Å². The second-order valence-corrected chi connectivity index (χ2v) is 5.19. The third-order valence-electron chi connectivity index (χ3n) is 3.50. The van der Waals surface area contributed by atoms with Crippen LogP contribution in [-0.2, 0) is 9.53 Å². The number of methoxy groups -OCH3 is 1. The monoisotopic (exact) mass is 342 g/mol. The van der Waals surface area contributed by atoms with Crippen molar-refractivity contribution in [2.24, 2.45) is 0 Å². The highest BCUT2D eigenvalue weighted by Crippen LogP contribution is 2.22. The van der Waals surface area contributed by atoms with Crippen LogP contribution in [0.15, 0.2) is 30.3 Å². The smallest absolute Gasteiger partial charge is 0.330 e. The van der Waals surface area contributed by atoms with E-state index in [1.807, 2.05) is 0 Å². The molecule has 0 bridgehead atoms. The van der Waals surface area contributed by atoms with Crippen molar-refractivity contribution < 1.29 is 40.2 Å². The van der Waals surface area contributed by atoms with Gasteiger partial charge in [0.1, 0.15) is 30.5 Å². The van der Waals surface area contributed by atoms with Gasteiger partial charge in [0.05, 0.1) is 13.7 Å². The molecular weight excluding hydrogens is 320 g/mol. The third-order valence-corrected chi connectivity index (χ3v) is 3.50. The lowest BCUT2D eigenvalue weighted by Gasteiger charge is -2.28. The molecule has 1 rings (SSSR count). The van der Waals surface area contributed by atoms with Gasteiger partial charge in [0.2, 0.25) is 0 Å². The molecule has 8 nitrogen and oxygen atoms in total. The van der Waals surface area contributed by atoms with Crippen LogP contribution < -0.4 is 0 Å². The molecule has 6 N–H and O–H groups in total. The molecular formula is C16H22O8. The van der Waals surface area contributed by atoms with E-state index in [9.17, 15) is 30.3 Å². The van der Waals surface area contributed by atoms with Gasteiger partial charge in [-0.1, -0.05) is 24.3 Å². The maximum Gasteiger partial charge on any atom is 0.330 e. The summed E-state index contributed by atoms with van der Waals surface area (Å²) >= 11 is 0. The molecule has 0 fully saturated rings. The Hall–Kier alpha value is -1.81. The van der Waals surface area contributed by atoms with Crippen LogP contribution in [0.3, 0.4) is 0 Å². The fourth-order valence-electron chi connectivity index (χ4n) is 1.96. The van der Waals surface area contributed by atoms with Crippen LogP contribution >= 0.6 is 0 Å². The van der Waals surface area contributed by atoms with Gasteiger partial charge < -0.3 is 35.4 Å². The first-order chi connectivity index (χ1) is 11.3. The first-order valence-electron chi connectivity index (χ1n) is 7.19. The van der Waals surface area contributed by atoms with E-state index in [4.69, 9.17) is 5.11 Å². The quantitative estimate of drug-likeness (QED) is 0.243. The number of aliphatic hydroxyl groups excluding tert-OH is 6. The van der Waals surface area contributed by atoms with Gasteiger partial charge in [-0.25, -0.2) is 4.79 Å². The lowest BCUT2D eigenvalue weighted by molar-refractivity contribution is -0.141. The number of ether oxygens (including phenoxy) is 1. The fourth-order valence-corrected chi connectivity index (χ4v) is 1.96. The molecule has 8 heteroatoms. The van der Waals surface area contributed by atoms with Gasteiger partial charge in [0.15, 0.2) is 0 Å². The van der Waals surface area contributed by atoms with Crippen LogP contribution in [0, 0.1) is 0 Å². The summed E-state index contributed by atoms with van der Waals surface area (Å²) in [6.45, 7) is -0.803. The predicted octanol–water partition coefficient (Wildman–Crippen LogP) is -1.66. The van der Waals surface area contributed by atoms with Crippen molar-refractivity contribution in [2.75, 3.05) is 13.7 Å². The summed E-state index contributed by atoms with van der Waals surface area (Å²) in [5, 5.41) is 57.3. The van der Waals surface area contributed by atoms with Gasteiger partial charge in [-0.2, -0.15) is 0 Å². The fraction of sp³-hybridized carbons (Fsp3) is 0.438. The van der Waals surface area contributed by atoms with Gasteiger partial charge in [-0.15, -0.1) is 0 Å². The number of hydrogen-bond acceptors (Lipinski definition) is 8. The highest BCUT2D eigenvalue weighted by atomic mass is 16.5. The van der Waals surface area contributed by atoms with Crippen LogP contribution in [-0.4, -0.2) is 74.7 Å². The maximum atomic E-state index is 11.0. The van der Waals surface area contributed by atoms with Crippen molar-refractivity contribution in [3.8, 4) is 0 Å². The molecule has 0 aliphatic carbocycles. The van der Waals surface area contributed by atoms with Crippen LogP contribution in [0.5, 0.6) is 0 Å². The average Bonchev–Trinajstić information content (AvgIpc) is 2.63. The molecule has 0 radical (unpaired) electrons. The van der Waals surface area contributed by atoms with Gasteiger partial charge in [-0.05, 0) is 17.2 Å². The standard InChI is InChI=1S/C16H22O8/c1-24-12(19)7-4-9-2-5-10(6-3-9)13(20)15(22)16(23)14(21)11(18)8-17/h2-7,11,13-18,20-23H,8H2,1H3/b7-4+/t11-,13?,14+,15+,16+/m1/s1. The zero-order valence-corrected chi connectivity index (χ0v) is 13.1. The Balaban J connectivity index is 2.78. The normalized spacial score (nSPS) is 18.0. The molecule has 1 aromatic rings. The summed E-state index contributed by atoms with van der Waals surface area (Å²) in [6, 6.07) is 6.06. The molecule has 0 aliphatic rings. The molecule has 0 saturated carbocycles. The van der Waals surface area contributed by atoms with Crippen molar-refractivity contribution in [3.63, 3.8) is 0 Å². The van der Waals surface area contributed by atoms with Crippen LogP contribution in [0.1, 0.15) is 17.2 Å². The Morgan fingerprint density at radius 2 is 1.62 bits per heavy atom. The van der Waals surface area contributed by atoms with Crippen LogP contribution in [0.25, 0.3) is 6.08 Å². The van der Waals surface area contributed by atoms with Crippen molar-refractivity contribution in [2.45, 2.75) is 30.5 Å². The van der Waals surface area contributed by atoms with Gasteiger partial charge in [0, 0.05) is 6.08 Å². The van der Waals surface area contributed by atoms with E-state index in [1.165, 1.54) is 31.4 Å². The molecule has 0 spiro atoms. The highest BCUT2D eigenvalue weighted by Gasteiger charge is 2.34. The SMILES string of the molecule is COC(=O)/C=C/c1ccc(C(O)[C@H](O)[C@@H](O)[C@@H](O)[C@H](O)CO)cc1. The predicted molar refractivity (Wildman–Crippen MR) is 83.6 cm³/mol. The summed E-state index contributed by atoms with van der Waals surface area (Å²) in [5.41, 5.74) is 0.893. The minimum atomic E-state index is -1.86. The Kier molecular flexibility index (Phi) is 7.99. The summed E-state index contributed by atoms with van der Waals surface area (Å²) in [4.78, 5) is 11.0. The first kappa shape index (κ1) is 20.2. The largest absolute Gasteiger partial charge is 0.466 e. The Morgan fingerprint density at radius 3 is 2.12 bits per heavy atom. The van der Waals surface area contributed by atoms with E-state index < -0.39 is 43.1 Å². The molecule has 0 saturated heterocycles. The van der Waals surface area contributed by atoms with E-state index in [-0.39, 0.29) is 5.56 Å². The van der Waals surface area contributed by atoms with E-state index in [0.29, 0.717) is 5.56 Å². The topological polar surface area (TPSA) is 148 Å². The number of esters is 1. The number of benzene rings is 1. The van der Waals surface area contributed by atoms with Gasteiger partial charge in [-0.3, -0.25) is 0 Å². The highest BCUT2D eigenvalue weighted by molar-refractivity contribution is 5.86. The third kappa shape index (κ3) is 5.38. The van der Waals surface area contributed by atoms with Crippen molar-refractivity contribution in [1.82, 2.24) is 0 Å². The molecule has 0 aromatic heterocycles. The van der Waals surface area contributed by atoms with E-state index >= 15 is 0 Å². The van der Waals surface area contributed by atoms with Crippen LogP contribution in [0.4, 0.5) is 0 Å². The van der Waals surface area contributed by atoms with Crippen LogP contribution in [0.2, 0.25) is 0 Å². The summed E-state index contributed by atoms with van der Waals surface area (Å²) in [6.07, 6.45) is -5.92. The zero-order chi connectivity index (χ0) is 18.3. The van der Waals surface area contributed by atoms with Crippen molar-refractivity contribution in [1.29, 1.82) is 0 Å².